The van der Waals surface area contributed by atoms with Crippen molar-refractivity contribution < 1.29 is 32.5 Å². The van der Waals surface area contributed by atoms with E-state index in [4.69, 9.17) is 22.1 Å². The molecule has 33 heavy (non-hydrogen) atoms. The second-order valence-electron chi connectivity index (χ2n) is 7.49. The van der Waals surface area contributed by atoms with Gasteiger partial charge >= 0.3 is 6.18 Å². The minimum Gasteiger partial charge on any atom is -0.497 e. The summed E-state index contributed by atoms with van der Waals surface area (Å²) in [5.41, 5.74) is 0.727. The molecule has 0 heterocycles. The Kier molecular flexibility index (Phi) is 7.76. The molecular weight excluding hydrogens is 434 g/mol. The van der Waals surface area contributed by atoms with Crippen molar-refractivity contribution in [3.05, 3.63) is 76.6 Å². The van der Waals surface area contributed by atoms with Gasteiger partial charge in [0.25, 0.3) is 0 Å². The fourth-order valence-corrected chi connectivity index (χ4v) is 3.69. The molecular formula is C24H25BF3NO4. The highest BCUT2D eigenvalue weighted by Gasteiger charge is 2.32. The molecule has 2 atom stereocenters. The molecule has 3 rings (SSSR count). The Labute approximate surface area is 192 Å². The van der Waals surface area contributed by atoms with Crippen molar-refractivity contribution in [1.29, 1.82) is 0 Å². The second-order valence-corrected chi connectivity index (χ2v) is 7.49. The lowest BCUT2D eigenvalue weighted by molar-refractivity contribution is -0.137. The van der Waals surface area contributed by atoms with Gasteiger partial charge in [0.1, 0.15) is 25.5 Å². The number of aliphatic hydroxyl groups is 1. The molecule has 1 aliphatic carbocycles. The monoisotopic (exact) mass is 459 g/mol. The molecule has 2 aromatic carbocycles. The van der Waals surface area contributed by atoms with E-state index in [2.05, 4.69) is 5.32 Å². The molecule has 0 bridgehead atoms. The molecule has 0 amide bonds. The van der Waals surface area contributed by atoms with Crippen LogP contribution < -0.4 is 15.5 Å². The first-order valence-corrected chi connectivity index (χ1v) is 10.2. The zero-order valence-electron chi connectivity index (χ0n) is 18.6. The minimum atomic E-state index is -4.57. The Balaban J connectivity index is 1.96. The van der Waals surface area contributed by atoms with Gasteiger partial charge in [0.05, 0.1) is 25.9 Å². The molecule has 2 aromatic rings. The quantitative estimate of drug-likeness (QED) is 0.587. The third-order valence-electron chi connectivity index (χ3n) is 5.53. The molecule has 1 aliphatic rings. The van der Waals surface area contributed by atoms with Gasteiger partial charge in [0.15, 0.2) is 0 Å². The molecule has 0 aliphatic heterocycles. The Bertz CT molecular complexity index is 1050. The number of halogens is 3. The van der Waals surface area contributed by atoms with E-state index in [1.165, 1.54) is 20.3 Å². The van der Waals surface area contributed by atoms with Gasteiger partial charge in [0.2, 0.25) is 0 Å². The number of nitrogens with one attached hydrogen (secondary N) is 1. The number of ether oxygens (including phenoxy) is 3. The maximum Gasteiger partial charge on any atom is 0.416 e. The molecule has 2 N–H and O–H groups in total. The second kappa shape index (κ2) is 10.4. The summed E-state index contributed by atoms with van der Waals surface area (Å²) in [4.78, 5) is 0. The highest BCUT2D eigenvalue weighted by atomic mass is 19.4. The van der Waals surface area contributed by atoms with Gasteiger partial charge < -0.3 is 24.6 Å². The third kappa shape index (κ3) is 5.54. The van der Waals surface area contributed by atoms with Gasteiger partial charge in [-0.1, -0.05) is 18.2 Å². The lowest BCUT2D eigenvalue weighted by Crippen LogP contribution is -2.20. The van der Waals surface area contributed by atoms with Crippen molar-refractivity contribution in [2.24, 2.45) is 0 Å². The van der Waals surface area contributed by atoms with Gasteiger partial charge in [-0.05, 0) is 47.8 Å². The standard InChI is InChI=1S/C24H25BF3NO4/c1-31-16-9-7-14(21(12-16)33-3)13-29-19-10-8-15(24(26,27)28)11-18(19)23(30)17-5-4-6-20(32-2)22(17)25/h4-8,10-12,16,23,29-30H,9,13H2,1-3H3. The normalized spacial score (nSPS) is 17.1. The predicted octanol–water partition coefficient (Wildman–Crippen LogP) is 3.88. The fourth-order valence-electron chi connectivity index (χ4n) is 3.69. The Morgan fingerprint density at radius 1 is 1.12 bits per heavy atom. The van der Waals surface area contributed by atoms with E-state index in [9.17, 15) is 18.3 Å². The van der Waals surface area contributed by atoms with Gasteiger partial charge in [-0.2, -0.15) is 13.2 Å². The lowest BCUT2D eigenvalue weighted by atomic mass is 9.84. The molecule has 0 fully saturated rings. The summed E-state index contributed by atoms with van der Waals surface area (Å²) in [5.74, 6) is 0.939. The van der Waals surface area contributed by atoms with Crippen LogP contribution in [0.15, 0.2) is 59.9 Å². The average molecular weight is 459 g/mol. The zero-order chi connectivity index (χ0) is 24.2. The third-order valence-corrected chi connectivity index (χ3v) is 5.53. The van der Waals surface area contributed by atoms with Crippen LogP contribution in [0.3, 0.4) is 0 Å². The van der Waals surface area contributed by atoms with Crippen LogP contribution in [0.25, 0.3) is 0 Å². The Morgan fingerprint density at radius 3 is 2.52 bits per heavy atom. The summed E-state index contributed by atoms with van der Waals surface area (Å²) in [6, 6.07) is 7.97. The van der Waals surface area contributed by atoms with Crippen molar-refractivity contribution in [1.82, 2.24) is 0 Å². The highest BCUT2D eigenvalue weighted by Crippen LogP contribution is 2.36. The van der Waals surface area contributed by atoms with Crippen LogP contribution in [0.4, 0.5) is 18.9 Å². The van der Waals surface area contributed by atoms with Crippen LogP contribution in [0.1, 0.15) is 29.2 Å². The van der Waals surface area contributed by atoms with Crippen LogP contribution in [-0.2, 0) is 15.7 Å². The lowest BCUT2D eigenvalue weighted by Gasteiger charge is -2.24. The topological polar surface area (TPSA) is 60.0 Å². The van der Waals surface area contributed by atoms with E-state index in [1.54, 1.807) is 25.3 Å². The SMILES string of the molecule is [B]c1c(OC)cccc1C(O)c1cc(C(F)(F)F)ccc1NCC1=CCC(OC)C=C1OC. The Morgan fingerprint density at radius 2 is 1.88 bits per heavy atom. The van der Waals surface area contributed by atoms with E-state index in [-0.39, 0.29) is 29.2 Å². The summed E-state index contributed by atoms with van der Waals surface area (Å²) < 4.78 is 56.2. The number of rotatable bonds is 8. The first kappa shape index (κ1) is 24.7. The first-order valence-electron chi connectivity index (χ1n) is 10.2. The number of anilines is 1. The van der Waals surface area contributed by atoms with Crippen molar-refractivity contribution in [2.45, 2.75) is 24.8 Å². The maximum absolute atomic E-state index is 13.4. The van der Waals surface area contributed by atoms with Crippen LogP contribution in [-0.4, -0.2) is 46.9 Å². The summed E-state index contributed by atoms with van der Waals surface area (Å²) in [7, 11) is 10.7. The van der Waals surface area contributed by atoms with Gasteiger partial charge in [-0.25, -0.2) is 0 Å². The molecule has 0 saturated carbocycles. The molecule has 0 spiro atoms. The van der Waals surface area contributed by atoms with E-state index in [1.807, 2.05) is 12.2 Å². The smallest absolute Gasteiger partial charge is 0.416 e. The summed E-state index contributed by atoms with van der Waals surface area (Å²) >= 11 is 0. The number of hydrogen-bond acceptors (Lipinski definition) is 5. The molecule has 5 nitrogen and oxygen atoms in total. The summed E-state index contributed by atoms with van der Waals surface area (Å²) in [6.07, 6.45) is -1.66. The van der Waals surface area contributed by atoms with Gasteiger partial charge in [0, 0.05) is 30.5 Å². The van der Waals surface area contributed by atoms with Crippen molar-refractivity contribution in [3.63, 3.8) is 0 Å². The zero-order valence-corrected chi connectivity index (χ0v) is 18.6. The molecule has 0 saturated heterocycles. The maximum atomic E-state index is 13.4. The van der Waals surface area contributed by atoms with Crippen molar-refractivity contribution in [2.75, 3.05) is 33.2 Å². The van der Waals surface area contributed by atoms with Crippen molar-refractivity contribution >= 4 is 19.0 Å². The molecule has 2 unspecified atom stereocenters. The van der Waals surface area contributed by atoms with Gasteiger partial charge in [-0.3, -0.25) is 0 Å². The number of aliphatic hydroxyl groups excluding tert-OH is 1. The van der Waals surface area contributed by atoms with E-state index in [0.29, 0.717) is 23.6 Å². The van der Waals surface area contributed by atoms with Gasteiger partial charge in [-0.15, -0.1) is 0 Å². The van der Waals surface area contributed by atoms with Crippen LogP contribution in [0.5, 0.6) is 5.75 Å². The molecule has 174 valence electrons. The number of benzene rings is 2. The summed E-state index contributed by atoms with van der Waals surface area (Å²) in [5, 5.41) is 14.2. The van der Waals surface area contributed by atoms with Crippen LogP contribution in [0.2, 0.25) is 0 Å². The number of alkyl halides is 3. The fraction of sp³-hybridized carbons (Fsp3) is 0.333. The average Bonchev–Trinajstić information content (AvgIpc) is 2.81. The van der Waals surface area contributed by atoms with Crippen LogP contribution >= 0.6 is 0 Å². The largest absolute Gasteiger partial charge is 0.497 e. The number of methoxy groups -OCH3 is 3. The highest BCUT2D eigenvalue weighted by molar-refractivity contribution is 6.35. The van der Waals surface area contributed by atoms with E-state index < -0.39 is 17.8 Å². The first-order chi connectivity index (χ1) is 15.7. The van der Waals surface area contributed by atoms with E-state index in [0.717, 1.165) is 17.7 Å². The van der Waals surface area contributed by atoms with Crippen LogP contribution in [0, 0.1) is 0 Å². The summed E-state index contributed by atoms with van der Waals surface area (Å²) in [6.45, 7) is 0.273. The predicted molar refractivity (Wildman–Crippen MR) is 121 cm³/mol. The minimum absolute atomic E-state index is 0.0406. The van der Waals surface area contributed by atoms with E-state index >= 15 is 0 Å². The van der Waals surface area contributed by atoms with Crippen molar-refractivity contribution in [3.8, 4) is 5.75 Å². The molecule has 2 radical (unpaired) electrons. The molecule has 0 aromatic heterocycles. The molecule has 9 heteroatoms. The number of hydrogen-bond donors (Lipinski definition) is 2. The Hall–Kier alpha value is -2.91.